The van der Waals surface area contributed by atoms with Crippen LogP contribution < -0.4 is 16.8 Å². The van der Waals surface area contributed by atoms with E-state index in [0.29, 0.717) is 17.6 Å². The highest BCUT2D eigenvalue weighted by Gasteiger charge is 2.10. The molecule has 5 rings (SSSR count). The van der Waals surface area contributed by atoms with Crippen molar-refractivity contribution in [2.75, 3.05) is 11.9 Å². The minimum absolute atomic E-state index is 0.0241. The van der Waals surface area contributed by atoms with E-state index in [1.54, 1.807) is 11.3 Å². The van der Waals surface area contributed by atoms with Gasteiger partial charge in [0, 0.05) is 18.8 Å². The smallest absolute Gasteiger partial charge is 0.408 e. The molecular weight excluding hydrogens is 396 g/mol. The van der Waals surface area contributed by atoms with Gasteiger partial charge in [-0.3, -0.25) is 4.98 Å². The number of thiazole rings is 1. The van der Waals surface area contributed by atoms with Crippen molar-refractivity contribution in [1.29, 1.82) is 0 Å². The van der Waals surface area contributed by atoms with E-state index >= 15 is 0 Å². The highest BCUT2D eigenvalue weighted by Crippen LogP contribution is 2.30. The monoisotopic (exact) mass is 416 g/mol. The molecule has 150 valence electrons. The third-order valence-corrected chi connectivity index (χ3v) is 6.04. The first-order valence-corrected chi connectivity index (χ1v) is 10.5. The number of anilines is 1. The van der Waals surface area contributed by atoms with Gasteiger partial charge >= 0.3 is 5.76 Å². The molecule has 0 radical (unpaired) electrons. The van der Waals surface area contributed by atoms with Crippen LogP contribution in [0, 0.1) is 0 Å². The fourth-order valence-corrected chi connectivity index (χ4v) is 4.37. The summed E-state index contributed by atoms with van der Waals surface area (Å²) < 4.78 is 5.14. The Hall–Kier alpha value is -3.42. The van der Waals surface area contributed by atoms with Gasteiger partial charge in [-0.25, -0.2) is 9.78 Å². The SMILES string of the molecule is NC(CNc1ncc(-c2ccc3[nH]c(=O)oc3c2)s1)Cc1ccc2ccccc2c1. The summed E-state index contributed by atoms with van der Waals surface area (Å²) in [7, 11) is 0. The van der Waals surface area contributed by atoms with Crippen molar-refractivity contribution in [2.24, 2.45) is 5.73 Å². The van der Waals surface area contributed by atoms with E-state index in [4.69, 9.17) is 10.2 Å². The molecule has 0 aliphatic rings. The van der Waals surface area contributed by atoms with Crippen LogP contribution in [-0.2, 0) is 6.42 Å². The van der Waals surface area contributed by atoms with Crippen molar-refractivity contribution in [3.63, 3.8) is 0 Å². The maximum absolute atomic E-state index is 11.3. The molecule has 7 heteroatoms. The van der Waals surface area contributed by atoms with Gasteiger partial charge in [-0.2, -0.15) is 0 Å². The molecule has 0 fully saturated rings. The van der Waals surface area contributed by atoms with Crippen molar-refractivity contribution in [3.05, 3.63) is 83.0 Å². The Balaban J connectivity index is 1.23. The highest BCUT2D eigenvalue weighted by atomic mass is 32.1. The van der Waals surface area contributed by atoms with Gasteiger partial charge in [-0.15, -0.1) is 0 Å². The van der Waals surface area contributed by atoms with Crippen LogP contribution in [0.15, 0.2) is 76.1 Å². The highest BCUT2D eigenvalue weighted by molar-refractivity contribution is 7.18. The summed E-state index contributed by atoms with van der Waals surface area (Å²) in [5.41, 5.74) is 9.76. The number of H-pyrrole nitrogens is 1. The molecule has 2 aromatic heterocycles. The van der Waals surface area contributed by atoms with Crippen LogP contribution >= 0.6 is 11.3 Å². The number of nitrogens with zero attached hydrogens (tertiary/aromatic N) is 1. The Morgan fingerprint density at radius 2 is 1.97 bits per heavy atom. The quantitative estimate of drug-likeness (QED) is 0.382. The lowest BCUT2D eigenvalue weighted by molar-refractivity contribution is 0.555. The van der Waals surface area contributed by atoms with Crippen LogP contribution in [0.25, 0.3) is 32.3 Å². The molecule has 30 heavy (non-hydrogen) atoms. The third kappa shape index (κ3) is 3.85. The van der Waals surface area contributed by atoms with Crippen molar-refractivity contribution in [2.45, 2.75) is 12.5 Å². The molecule has 0 amide bonds. The molecule has 6 nitrogen and oxygen atoms in total. The summed E-state index contributed by atoms with van der Waals surface area (Å²) in [6.07, 6.45) is 2.60. The summed E-state index contributed by atoms with van der Waals surface area (Å²) in [6.45, 7) is 0.630. The average Bonchev–Trinajstić information content (AvgIpc) is 3.37. The molecule has 4 N–H and O–H groups in total. The van der Waals surface area contributed by atoms with Gasteiger partial charge in [0.2, 0.25) is 0 Å². The average molecular weight is 417 g/mol. The van der Waals surface area contributed by atoms with Crippen molar-refractivity contribution < 1.29 is 4.42 Å². The molecule has 0 aliphatic heterocycles. The standard InChI is InChI=1S/C23H20N4O2S/c24-18(10-14-5-6-15-3-1-2-4-16(15)9-14)12-25-22-26-13-21(30-22)17-7-8-19-20(11-17)29-23(28)27-19/h1-9,11,13,18H,10,12,24H2,(H,25,26)(H,27,28). The molecule has 3 aromatic carbocycles. The number of rotatable bonds is 6. The fourth-order valence-electron chi connectivity index (χ4n) is 3.55. The molecule has 0 bridgehead atoms. The number of benzene rings is 3. The lowest BCUT2D eigenvalue weighted by atomic mass is 10.0. The molecule has 2 heterocycles. The number of oxazole rings is 1. The molecule has 0 aliphatic carbocycles. The largest absolute Gasteiger partial charge is 0.417 e. The van der Waals surface area contributed by atoms with Gasteiger partial charge in [-0.1, -0.05) is 59.9 Å². The molecule has 5 aromatic rings. The lowest BCUT2D eigenvalue weighted by Crippen LogP contribution is -2.31. The Morgan fingerprint density at radius 1 is 1.10 bits per heavy atom. The molecule has 0 saturated carbocycles. The summed E-state index contributed by atoms with van der Waals surface area (Å²) in [5.74, 6) is -0.450. The van der Waals surface area contributed by atoms with E-state index < -0.39 is 5.76 Å². The first-order valence-electron chi connectivity index (χ1n) is 9.70. The van der Waals surface area contributed by atoms with Gasteiger partial charge in [0.1, 0.15) is 0 Å². The normalized spacial score (nSPS) is 12.4. The maximum Gasteiger partial charge on any atom is 0.417 e. The number of aromatic amines is 1. The van der Waals surface area contributed by atoms with Gasteiger partial charge in [0.05, 0.1) is 10.4 Å². The minimum Gasteiger partial charge on any atom is -0.408 e. The third-order valence-electron chi connectivity index (χ3n) is 5.04. The lowest BCUT2D eigenvalue weighted by Gasteiger charge is -2.13. The van der Waals surface area contributed by atoms with E-state index in [1.165, 1.54) is 16.3 Å². The summed E-state index contributed by atoms with van der Waals surface area (Å²) in [5, 5.41) is 6.62. The zero-order chi connectivity index (χ0) is 20.5. The predicted molar refractivity (Wildman–Crippen MR) is 122 cm³/mol. The second kappa shape index (κ2) is 7.78. The zero-order valence-corrected chi connectivity index (χ0v) is 16.9. The Kier molecular flexibility index (Phi) is 4.82. The first-order chi connectivity index (χ1) is 14.6. The van der Waals surface area contributed by atoms with E-state index in [9.17, 15) is 4.79 Å². The van der Waals surface area contributed by atoms with Crippen LogP contribution in [0.4, 0.5) is 5.13 Å². The van der Waals surface area contributed by atoms with Crippen molar-refractivity contribution in [1.82, 2.24) is 9.97 Å². The number of hydrogen-bond acceptors (Lipinski definition) is 6. The van der Waals surface area contributed by atoms with Crippen LogP contribution in [0.5, 0.6) is 0 Å². The Morgan fingerprint density at radius 3 is 2.87 bits per heavy atom. The summed E-state index contributed by atoms with van der Waals surface area (Å²) in [6, 6.07) is 20.4. The molecule has 1 atom stereocenters. The zero-order valence-electron chi connectivity index (χ0n) is 16.1. The topological polar surface area (TPSA) is 96.9 Å². The summed E-state index contributed by atoms with van der Waals surface area (Å²) >= 11 is 1.54. The fraction of sp³-hybridized carbons (Fsp3) is 0.130. The maximum atomic E-state index is 11.3. The van der Waals surface area contributed by atoms with Crippen molar-refractivity contribution >= 4 is 38.3 Å². The number of nitrogens with two attached hydrogens (primary N) is 1. The molecule has 0 saturated heterocycles. The number of hydrogen-bond donors (Lipinski definition) is 3. The van der Waals surface area contributed by atoms with E-state index in [2.05, 4.69) is 51.7 Å². The predicted octanol–water partition coefficient (Wildman–Crippen LogP) is 4.38. The Bertz CT molecular complexity index is 1380. The number of nitrogens with one attached hydrogen (secondary N) is 2. The minimum atomic E-state index is -0.450. The number of aromatic nitrogens is 2. The van der Waals surface area contributed by atoms with Gasteiger partial charge < -0.3 is 15.5 Å². The molecular formula is C23H20N4O2S. The van der Waals surface area contributed by atoms with Crippen molar-refractivity contribution in [3.8, 4) is 10.4 Å². The Labute approximate surface area is 176 Å². The van der Waals surface area contributed by atoms with E-state index in [1.807, 2.05) is 30.5 Å². The second-order valence-electron chi connectivity index (χ2n) is 7.28. The van der Waals surface area contributed by atoms with Crippen LogP contribution in [-0.4, -0.2) is 22.6 Å². The molecule has 0 spiro atoms. The second-order valence-corrected chi connectivity index (χ2v) is 8.31. The van der Waals surface area contributed by atoms with Crippen LogP contribution in [0.3, 0.4) is 0 Å². The van der Waals surface area contributed by atoms with Gasteiger partial charge in [-0.05, 0) is 40.5 Å². The van der Waals surface area contributed by atoms with E-state index in [0.717, 1.165) is 22.0 Å². The van der Waals surface area contributed by atoms with E-state index in [-0.39, 0.29) is 6.04 Å². The van der Waals surface area contributed by atoms with Gasteiger partial charge in [0.25, 0.3) is 0 Å². The van der Waals surface area contributed by atoms with Crippen LogP contribution in [0.1, 0.15) is 5.56 Å². The number of fused-ring (bicyclic) bond motifs is 2. The first kappa shape index (κ1) is 18.6. The summed E-state index contributed by atoms with van der Waals surface area (Å²) in [4.78, 5) is 19.4. The van der Waals surface area contributed by atoms with Gasteiger partial charge in [0.15, 0.2) is 10.7 Å². The molecule has 1 unspecified atom stereocenters. The van der Waals surface area contributed by atoms with Crippen LogP contribution in [0.2, 0.25) is 0 Å².